The maximum Gasteiger partial charge on any atom is 4.00 e. The Morgan fingerprint density at radius 2 is 1.72 bits per heavy atom. The first-order valence-corrected chi connectivity index (χ1v) is 10.7. The molecule has 1 nitrogen and oxygen atoms in total. The van der Waals surface area contributed by atoms with Crippen LogP contribution < -0.4 is 9.41 Å². The van der Waals surface area contributed by atoms with E-state index in [0.717, 1.165) is 6.42 Å². The van der Waals surface area contributed by atoms with Gasteiger partial charge in [-0.25, -0.2) is 11.6 Å². The molecule has 0 bridgehead atoms. The zero-order chi connectivity index (χ0) is 20.2. The van der Waals surface area contributed by atoms with Crippen LogP contribution in [-0.2, 0) is 26.2 Å². The van der Waals surface area contributed by atoms with Crippen molar-refractivity contribution in [1.82, 2.24) is 4.57 Å². The Morgan fingerprint density at radius 1 is 1.00 bits per heavy atom. The summed E-state index contributed by atoms with van der Waals surface area (Å²) in [6, 6.07) is 21.7. The van der Waals surface area contributed by atoms with E-state index < -0.39 is 0 Å². The Morgan fingerprint density at radius 3 is 2.41 bits per heavy atom. The first kappa shape index (κ1) is 27.8. The maximum absolute atomic E-state index is 3.30. The van der Waals surface area contributed by atoms with Gasteiger partial charge < -0.3 is 14.0 Å². The molecular formula is C28H29F2NZr. The number of para-hydroxylation sites is 1. The predicted octanol–water partition coefficient (Wildman–Crippen LogP) is 1.99. The molecule has 0 unspecified atom stereocenters. The van der Waals surface area contributed by atoms with Gasteiger partial charge in [0.1, 0.15) is 0 Å². The number of aryl methyl sites for hydroxylation is 1. The van der Waals surface area contributed by atoms with Gasteiger partial charge in [0.05, 0.1) is 5.52 Å². The van der Waals surface area contributed by atoms with Crippen molar-refractivity contribution >= 4 is 21.7 Å². The Bertz CT molecular complexity index is 1160. The van der Waals surface area contributed by atoms with Crippen LogP contribution in [0.4, 0.5) is 0 Å². The van der Waals surface area contributed by atoms with Crippen LogP contribution in [-0.4, -0.2) is 4.57 Å². The Balaban J connectivity index is 0.000000369. The van der Waals surface area contributed by atoms with Gasteiger partial charge in [0.2, 0.25) is 0 Å². The fourth-order valence-electron chi connectivity index (χ4n) is 4.11. The van der Waals surface area contributed by atoms with Gasteiger partial charge >= 0.3 is 26.2 Å². The molecule has 3 aromatic carbocycles. The van der Waals surface area contributed by atoms with Crippen LogP contribution in [0.2, 0.25) is 0 Å². The molecule has 1 aliphatic rings. The molecule has 0 fully saturated rings. The molecule has 0 radical (unpaired) electrons. The number of unbranched alkanes of at least 4 members (excludes halogenated alkanes) is 1. The summed E-state index contributed by atoms with van der Waals surface area (Å²) in [7, 11) is 0. The minimum atomic E-state index is 0. The molecule has 0 atom stereocenters. The van der Waals surface area contributed by atoms with Gasteiger partial charge in [0.15, 0.2) is 0 Å². The average molecular weight is 509 g/mol. The minimum Gasteiger partial charge on any atom is -1.00 e. The molecule has 0 saturated heterocycles. The second-order valence-electron chi connectivity index (χ2n) is 7.82. The third-order valence-corrected chi connectivity index (χ3v) is 5.85. The topological polar surface area (TPSA) is 4.93 Å². The van der Waals surface area contributed by atoms with E-state index in [1.807, 2.05) is 0 Å². The molecule has 0 N–H and O–H groups in total. The quantitative estimate of drug-likeness (QED) is 0.372. The normalized spacial score (nSPS) is 11.8. The van der Waals surface area contributed by atoms with Gasteiger partial charge in [0.25, 0.3) is 0 Å². The molecule has 164 valence electrons. The second kappa shape index (κ2) is 12.7. The predicted molar refractivity (Wildman–Crippen MR) is 126 cm³/mol. The van der Waals surface area contributed by atoms with E-state index in [4.69, 9.17) is 0 Å². The van der Waals surface area contributed by atoms with Crippen molar-refractivity contribution in [2.75, 3.05) is 0 Å². The zero-order valence-electron chi connectivity index (χ0n) is 19.0. The van der Waals surface area contributed by atoms with Gasteiger partial charge in [-0.15, -0.1) is 47.5 Å². The van der Waals surface area contributed by atoms with E-state index in [2.05, 4.69) is 104 Å². The van der Waals surface area contributed by atoms with Crippen LogP contribution in [0.15, 0.2) is 78.4 Å². The fraction of sp³-hybridized carbons (Fsp3) is 0.250. The third-order valence-electron chi connectivity index (χ3n) is 5.85. The van der Waals surface area contributed by atoms with Crippen molar-refractivity contribution < 1.29 is 35.6 Å². The summed E-state index contributed by atoms with van der Waals surface area (Å²) in [5.41, 5.74) is 6.65. The number of allylic oxidation sites excluding steroid dienone is 4. The number of benzene rings is 2. The van der Waals surface area contributed by atoms with E-state index in [1.165, 1.54) is 63.5 Å². The Hall–Kier alpha value is -2.19. The summed E-state index contributed by atoms with van der Waals surface area (Å²) >= 11 is 0. The summed E-state index contributed by atoms with van der Waals surface area (Å²) in [6.07, 6.45) is 12.5. The van der Waals surface area contributed by atoms with Gasteiger partial charge in [-0.1, -0.05) is 50.5 Å². The van der Waals surface area contributed by atoms with Gasteiger partial charge in [-0.2, -0.15) is 6.08 Å². The summed E-state index contributed by atoms with van der Waals surface area (Å²) in [5, 5.41) is 3.95. The number of rotatable bonds is 4. The van der Waals surface area contributed by atoms with Crippen molar-refractivity contribution in [3.8, 4) is 5.69 Å². The minimum absolute atomic E-state index is 0. The Labute approximate surface area is 209 Å². The molecule has 0 saturated carbocycles. The van der Waals surface area contributed by atoms with Crippen molar-refractivity contribution in [3.63, 3.8) is 0 Å². The molecule has 0 aliphatic heterocycles. The molecule has 0 spiro atoms. The van der Waals surface area contributed by atoms with Crippen LogP contribution in [0.25, 0.3) is 27.4 Å². The van der Waals surface area contributed by atoms with Crippen LogP contribution in [0, 0.1) is 19.9 Å². The molecule has 1 heterocycles. The van der Waals surface area contributed by atoms with Crippen molar-refractivity contribution in [2.24, 2.45) is 0 Å². The maximum atomic E-state index is 3.30. The van der Waals surface area contributed by atoms with Crippen LogP contribution in [0.5, 0.6) is 0 Å². The second-order valence-corrected chi connectivity index (χ2v) is 7.82. The van der Waals surface area contributed by atoms with Crippen molar-refractivity contribution in [1.29, 1.82) is 0 Å². The molecule has 4 heteroatoms. The SMILES string of the molecule is CCCCC1=[C-]CC=C1.Cc1c(C)n(-c2cc3ccccc3[cH-]2)c2ccccc12.[F-].[F-].[Zr+4]. The van der Waals surface area contributed by atoms with Crippen LogP contribution in [0.1, 0.15) is 43.9 Å². The van der Waals surface area contributed by atoms with E-state index in [0.29, 0.717) is 0 Å². The number of fused-ring (bicyclic) bond motifs is 2. The number of hydrogen-bond donors (Lipinski definition) is 0. The number of aromatic nitrogens is 1. The molecular weight excluding hydrogens is 480 g/mol. The molecule has 4 aromatic rings. The molecule has 1 aromatic heterocycles. The van der Waals surface area contributed by atoms with E-state index >= 15 is 0 Å². The first-order valence-electron chi connectivity index (χ1n) is 10.7. The van der Waals surface area contributed by atoms with E-state index in [-0.39, 0.29) is 35.6 Å². The van der Waals surface area contributed by atoms with Crippen LogP contribution >= 0.6 is 0 Å². The summed E-state index contributed by atoms with van der Waals surface area (Å²) < 4.78 is 2.37. The number of hydrogen-bond acceptors (Lipinski definition) is 0. The standard InChI is InChI=1S/C19H16N.C9H13.2FH.Zr/c1-13-14(2)20(19-10-6-5-9-18(13)19)17-11-15-7-3-4-8-16(15)12-17;1-2-3-6-9-7-4-5-8-9;;;/h3-12H,1-2H3;4,7H,2-3,5-6H2,1H3;2*1H;/q2*-1;;;+4/p-2. The van der Waals surface area contributed by atoms with Crippen molar-refractivity contribution in [2.45, 2.75) is 46.5 Å². The zero-order valence-corrected chi connectivity index (χ0v) is 21.4. The molecule has 5 rings (SSSR count). The monoisotopic (exact) mass is 507 g/mol. The molecule has 32 heavy (non-hydrogen) atoms. The Kier molecular flexibility index (Phi) is 11.1. The first-order chi connectivity index (χ1) is 14.2. The molecule has 1 aliphatic carbocycles. The largest absolute Gasteiger partial charge is 4.00 e. The number of halogens is 2. The van der Waals surface area contributed by atoms with E-state index in [1.54, 1.807) is 0 Å². The summed E-state index contributed by atoms with van der Waals surface area (Å²) in [4.78, 5) is 0. The van der Waals surface area contributed by atoms with Crippen molar-refractivity contribution in [3.05, 3.63) is 95.7 Å². The van der Waals surface area contributed by atoms with Gasteiger partial charge in [0, 0.05) is 11.1 Å². The number of nitrogens with zero attached hydrogens (tertiary/aromatic N) is 1. The molecule has 0 amide bonds. The third kappa shape index (κ3) is 5.78. The van der Waals surface area contributed by atoms with Gasteiger partial charge in [-0.05, 0) is 31.2 Å². The summed E-state index contributed by atoms with van der Waals surface area (Å²) in [6.45, 7) is 6.63. The smallest absolute Gasteiger partial charge is 1.00 e. The van der Waals surface area contributed by atoms with E-state index in [9.17, 15) is 0 Å². The van der Waals surface area contributed by atoms with Crippen LogP contribution in [0.3, 0.4) is 0 Å². The fourth-order valence-corrected chi connectivity index (χ4v) is 4.11. The van der Waals surface area contributed by atoms with Gasteiger partial charge in [-0.3, -0.25) is 6.08 Å². The summed E-state index contributed by atoms with van der Waals surface area (Å²) in [5.74, 6) is 0. The average Bonchev–Trinajstić information content (AvgIpc) is 3.46.